The standard InChI is InChI=1S/C28H31F4N3O4S2/c1-27(36,28(30,31)32)21-6-10-23(11-7-21)35-13-12-34(41(37,38)26-3-2-16-40-26)18-24(35)17-33-14-15-39-19-25(33)20-4-8-22(29)9-5-20/h2-11,16,24-25,36H,12-15,17-19H2,1H3/t24-,25+,27-/m0/s1. The molecule has 0 amide bonds. The molecule has 1 N–H and O–H groups in total. The third-order valence-electron chi connectivity index (χ3n) is 7.79. The number of thiophene rings is 1. The lowest BCUT2D eigenvalue weighted by atomic mass is 9.95. The molecule has 0 spiro atoms. The van der Waals surface area contributed by atoms with E-state index in [1.54, 1.807) is 29.6 Å². The van der Waals surface area contributed by atoms with Crippen LogP contribution in [-0.4, -0.2) is 80.9 Å². The van der Waals surface area contributed by atoms with Gasteiger partial charge in [-0.3, -0.25) is 4.90 Å². The fourth-order valence-electron chi connectivity index (χ4n) is 5.34. The Morgan fingerprint density at radius 2 is 1.73 bits per heavy atom. The molecule has 13 heteroatoms. The number of rotatable bonds is 7. The van der Waals surface area contributed by atoms with Crippen molar-refractivity contribution in [1.29, 1.82) is 0 Å². The van der Waals surface area contributed by atoms with Crippen molar-refractivity contribution in [3.8, 4) is 0 Å². The van der Waals surface area contributed by atoms with Crippen LogP contribution in [0.2, 0.25) is 0 Å². The summed E-state index contributed by atoms with van der Waals surface area (Å²) in [4.78, 5) is 4.18. The van der Waals surface area contributed by atoms with Crippen LogP contribution in [0.1, 0.15) is 24.1 Å². The molecule has 0 unspecified atom stereocenters. The van der Waals surface area contributed by atoms with Crippen molar-refractivity contribution < 1.29 is 35.8 Å². The highest BCUT2D eigenvalue weighted by molar-refractivity contribution is 7.91. The minimum atomic E-state index is -4.84. The van der Waals surface area contributed by atoms with Crippen molar-refractivity contribution >= 4 is 27.0 Å². The maximum Gasteiger partial charge on any atom is 0.421 e. The van der Waals surface area contributed by atoms with E-state index in [9.17, 15) is 31.1 Å². The van der Waals surface area contributed by atoms with Crippen molar-refractivity contribution in [2.24, 2.45) is 0 Å². The van der Waals surface area contributed by atoms with E-state index in [0.717, 1.165) is 16.9 Å². The summed E-state index contributed by atoms with van der Waals surface area (Å²) in [5, 5.41) is 11.8. The largest absolute Gasteiger partial charge is 0.421 e. The number of piperazine rings is 1. The van der Waals surface area contributed by atoms with Gasteiger partial charge in [0.25, 0.3) is 10.0 Å². The number of sulfonamides is 1. The van der Waals surface area contributed by atoms with Crippen LogP contribution >= 0.6 is 11.3 Å². The Labute approximate surface area is 240 Å². The number of anilines is 1. The van der Waals surface area contributed by atoms with E-state index in [1.165, 1.54) is 40.7 Å². The molecule has 2 saturated heterocycles. The van der Waals surface area contributed by atoms with E-state index in [0.29, 0.717) is 45.5 Å². The zero-order valence-corrected chi connectivity index (χ0v) is 23.9. The molecule has 0 radical (unpaired) electrons. The molecule has 3 heterocycles. The van der Waals surface area contributed by atoms with E-state index in [-0.39, 0.29) is 40.8 Å². The maximum absolute atomic E-state index is 13.6. The summed E-state index contributed by atoms with van der Waals surface area (Å²) in [6.45, 7) is 3.25. The van der Waals surface area contributed by atoms with Gasteiger partial charge < -0.3 is 14.7 Å². The van der Waals surface area contributed by atoms with Crippen molar-refractivity contribution in [1.82, 2.24) is 9.21 Å². The molecule has 3 aromatic rings. The second-order valence-corrected chi connectivity index (χ2v) is 13.5. The number of hydrogen-bond donors (Lipinski definition) is 1. The molecule has 0 saturated carbocycles. The molecule has 7 nitrogen and oxygen atoms in total. The Morgan fingerprint density at radius 1 is 1.02 bits per heavy atom. The Hall–Kier alpha value is -2.55. The molecule has 3 atom stereocenters. The second kappa shape index (κ2) is 11.6. The van der Waals surface area contributed by atoms with E-state index < -0.39 is 21.8 Å². The first-order chi connectivity index (χ1) is 19.4. The van der Waals surface area contributed by atoms with Crippen LogP contribution in [-0.2, 0) is 20.4 Å². The van der Waals surface area contributed by atoms with Crippen LogP contribution in [0.3, 0.4) is 0 Å². The number of aliphatic hydroxyl groups is 1. The first-order valence-corrected chi connectivity index (χ1v) is 15.5. The molecule has 0 aliphatic carbocycles. The maximum atomic E-state index is 13.6. The number of hydrogen-bond acceptors (Lipinski definition) is 7. The van der Waals surface area contributed by atoms with Crippen LogP contribution in [0.25, 0.3) is 0 Å². The van der Waals surface area contributed by atoms with Gasteiger partial charge in [0, 0.05) is 38.4 Å². The van der Waals surface area contributed by atoms with Crippen LogP contribution in [0.4, 0.5) is 23.2 Å². The highest BCUT2D eigenvalue weighted by atomic mass is 32.2. The lowest BCUT2D eigenvalue weighted by Crippen LogP contribution is -2.59. The molecule has 2 aliphatic heterocycles. The van der Waals surface area contributed by atoms with E-state index >= 15 is 0 Å². The summed E-state index contributed by atoms with van der Waals surface area (Å²) in [6, 6.07) is 14.5. The number of halogens is 4. The minimum absolute atomic E-state index is 0.162. The van der Waals surface area contributed by atoms with Crippen molar-refractivity contribution in [2.45, 2.75) is 35.0 Å². The highest BCUT2D eigenvalue weighted by Crippen LogP contribution is 2.39. The SMILES string of the molecule is C[C@](O)(c1ccc(N2CCN(S(=O)(=O)c3cccs3)C[C@@H]2CN2CCOC[C@@H]2c2ccc(F)cc2)cc1)C(F)(F)F. The average molecular weight is 614 g/mol. The van der Waals surface area contributed by atoms with Gasteiger partial charge in [-0.25, -0.2) is 12.8 Å². The molecular weight excluding hydrogens is 582 g/mol. The Kier molecular flexibility index (Phi) is 8.48. The topological polar surface area (TPSA) is 73.3 Å². The fourth-order valence-corrected chi connectivity index (χ4v) is 7.95. The van der Waals surface area contributed by atoms with Gasteiger partial charge in [0.1, 0.15) is 10.0 Å². The Balaban J connectivity index is 1.44. The summed E-state index contributed by atoms with van der Waals surface area (Å²) in [5.74, 6) is -0.349. The molecule has 2 aliphatic rings. The zero-order chi connectivity index (χ0) is 29.4. The Bertz CT molecular complexity index is 1420. The van der Waals surface area contributed by atoms with Crippen LogP contribution in [0.5, 0.6) is 0 Å². The molecule has 41 heavy (non-hydrogen) atoms. The first-order valence-electron chi connectivity index (χ1n) is 13.1. The lowest BCUT2D eigenvalue weighted by Gasteiger charge is -2.46. The average Bonchev–Trinajstić information content (AvgIpc) is 3.50. The van der Waals surface area contributed by atoms with Crippen LogP contribution < -0.4 is 4.90 Å². The quantitative estimate of drug-likeness (QED) is 0.393. The van der Waals surface area contributed by atoms with Crippen molar-refractivity contribution in [2.75, 3.05) is 50.8 Å². The summed E-state index contributed by atoms with van der Waals surface area (Å²) < 4.78 is 88.1. The molecule has 5 rings (SSSR count). The van der Waals surface area contributed by atoms with Gasteiger partial charge in [-0.2, -0.15) is 17.5 Å². The van der Waals surface area contributed by atoms with Gasteiger partial charge in [0.2, 0.25) is 0 Å². The molecule has 222 valence electrons. The summed E-state index contributed by atoms with van der Waals surface area (Å²) in [7, 11) is -3.73. The number of morpholine rings is 1. The first kappa shape index (κ1) is 29.9. The third-order valence-corrected chi connectivity index (χ3v) is 11.0. The van der Waals surface area contributed by atoms with Gasteiger partial charge in [0.15, 0.2) is 5.60 Å². The van der Waals surface area contributed by atoms with Gasteiger partial charge >= 0.3 is 6.18 Å². The second-order valence-electron chi connectivity index (χ2n) is 10.4. The minimum Gasteiger partial charge on any atom is -0.378 e. The number of nitrogens with zero attached hydrogens (tertiary/aromatic N) is 3. The monoisotopic (exact) mass is 613 g/mol. The number of alkyl halides is 3. The highest BCUT2D eigenvalue weighted by Gasteiger charge is 2.51. The van der Waals surface area contributed by atoms with Gasteiger partial charge in [-0.05, 0) is 53.8 Å². The Morgan fingerprint density at radius 3 is 2.37 bits per heavy atom. The summed E-state index contributed by atoms with van der Waals surface area (Å²) in [5.41, 5.74) is -1.80. The summed E-state index contributed by atoms with van der Waals surface area (Å²) >= 11 is 1.15. The molecule has 1 aromatic heterocycles. The third kappa shape index (κ3) is 6.15. The summed E-state index contributed by atoms with van der Waals surface area (Å²) in [6.07, 6.45) is -4.84. The van der Waals surface area contributed by atoms with Crippen LogP contribution in [0.15, 0.2) is 70.3 Å². The van der Waals surface area contributed by atoms with Crippen molar-refractivity contribution in [3.05, 3.63) is 83.0 Å². The van der Waals surface area contributed by atoms with Gasteiger partial charge in [-0.1, -0.05) is 30.3 Å². The van der Waals surface area contributed by atoms with E-state index in [4.69, 9.17) is 4.74 Å². The molecule has 2 aromatic carbocycles. The van der Waals surface area contributed by atoms with E-state index in [2.05, 4.69) is 4.90 Å². The van der Waals surface area contributed by atoms with Gasteiger partial charge in [0.05, 0.1) is 25.3 Å². The fraction of sp³-hybridized carbons (Fsp3) is 0.429. The molecule has 0 bridgehead atoms. The molecule has 2 fully saturated rings. The van der Waals surface area contributed by atoms with Gasteiger partial charge in [-0.15, -0.1) is 11.3 Å². The number of benzene rings is 2. The lowest BCUT2D eigenvalue weighted by molar-refractivity contribution is -0.258. The molecular formula is C28H31F4N3O4S2. The predicted molar refractivity (Wildman–Crippen MR) is 148 cm³/mol. The van der Waals surface area contributed by atoms with Crippen LogP contribution in [0, 0.1) is 5.82 Å². The predicted octanol–water partition coefficient (Wildman–Crippen LogP) is 4.61. The van der Waals surface area contributed by atoms with Crippen molar-refractivity contribution in [3.63, 3.8) is 0 Å². The number of ether oxygens (including phenoxy) is 1. The normalized spacial score (nSPS) is 22.9. The van der Waals surface area contributed by atoms with E-state index in [1.807, 2.05) is 4.90 Å². The zero-order valence-electron chi connectivity index (χ0n) is 22.3. The smallest absolute Gasteiger partial charge is 0.378 e.